The van der Waals surface area contributed by atoms with Crippen LogP contribution in [0.1, 0.15) is 22.1 Å². The Morgan fingerprint density at radius 2 is 1.46 bits per heavy atom. The highest BCUT2D eigenvalue weighted by atomic mass is 32.2. The van der Waals surface area contributed by atoms with Gasteiger partial charge in [-0.05, 0) is 65.3 Å². The van der Waals surface area contributed by atoms with E-state index in [9.17, 15) is 0 Å². The molecule has 6 aromatic rings. The molecule has 1 fully saturated rings. The second-order valence-electron chi connectivity index (χ2n) is 13.5. The summed E-state index contributed by atoms with van der Waals surface area (Å²) >= 11 is 3.69. The molecule has 2 aliphatic heterocycles. The van der Waals surface area contributed by atoms with Gasteiger partial charge in [0.25, 0.3) is 10.8 Å². The van der Waals surface area contributed by atoms with Gasteiger partial charge in [-0.3, -0.25) is 4.90 Å². The number of aryl methyl sites for hydroxylation is 1. The molecule has 1 atom stereocenters. The quantitative estimate of drug-likeness (QED) is 0.160. The van der Waals surface area contributed by atoms with Gasteiger partial charge in [0.05, 0.1) is 30.0 Å². The van der Waals surface area contributed by atoms with Crippen LogP contribution in [0.5, 0.6) is 0 Å². The van der Waals surface area contributed by atoms with E-state index in [0.717, 1.165) is 26.2 Å². The molecular formula is C45H41N5S2+2. The number of thiazole rings is 1. The Labute approximate surface area is 314 Å². The zero-order chi connectivity index (χ0) is 35.0. The number of nitrogens with zero attached hydrogens (tertiary/aromatic N) is 5. The van der Waals surface area contributed by atoms with Gasteiger partial charge < -0.3 is 9.80 Å². The second-order valence-corrected chi connectivity index (χ2v) is 15.7. The van der Waals surface area contributed by atoms with Gasteiger partial charge >= 0.3 is 0 Å². The van der Waals surface area contributed by atoms with E-state index in [0.29, 0.717) is 0 Å². The van der Waals surface area contributed by atoms with Crippen LogP contribution in [0, 0.1) is 0 Å². The highest BCUT2D eigenvalue weighted by molar-refractivity contribution is 8.03. The molecule has 1 saturated heterocycles. The third kappa shape index (κ3) is 6.25. The maximum atomic E-state index is 2.62. The molecule has 0 N–H and O–H groups in total. The van der Waals surface area contributed by atoms with Gasteiger partial charge in [-0.15, -0.1) is 0 Å². The molecule has 1 unspecified atom stereocenters. The minimum Gasteiger partial charge on any atom is -0.366 e. The van der Waals surface area contributed by atoms with Crippen molar-refractivity contribution in [2.45, 2.75) is 10.8 Å². The lowest BCUT2D eigenvalue weighted by atomic mass is 9.88. The number of anilines is 2. The molecule has 1 aliphatic carbocycles. The van der Waals surface area contributed by atoms with Crippen molar-refractivity contribution in [3.63, 3.8) is 0 Å². The Morgan fingerprint density at radius 1 is 0.750 bits per heavy atom. The third-order valence-electron chi connectivity index (χ3n) is 10.4. The number of piperazine rings is 1. The zero-order valence-corrected chi connectivity index (χ0v) is 31.1. The monoisotopic (exact) mass is 715 g/mol. The van der Waals surface area contributed by atoms with Gasteiger partial charge in [-0.25, -0.2) is 4.57 Å². The Hall–Kier alpha value is -5.37. The summed E-state index contributed by atoms with van der Waals surface area (Å²) in [4.78, 5) is 8.79. The highest BCUT2D eigenvalue weighted by Gasteiger charge is 2.31. The van der Waals surface area contributed by atoms with Gasteiger partial charge in [-0.1, -0.05) is 108 Å². The van der Waals surface area contributed by atoms with Crippen LogP contribution in [0.3, 0.4) is 0 Å². The Bertz CT molecular complexity index is 2380. The van der Waals surface area contributed by atoms with E-state index >= 15 is 0 Å². The van der Waals surface area contributed by atoms with E-state index in [2.05, 4.69) is 196 Å². The molecule has 0 radical (unpaired) electrons. The molecule has 0 spiro atoms. The topological polar surface area (TPSA) is 17.5 Å². The van der Waals surface area contributed by atoms with Gasteiger partial charge in [0.15, 0.2) is 0 Å². The van der Waals surface area contributed by atoms with E-state index in [4.69, 9.17) is 0 Å². The third-order valence-corrected chi connectivity index (χ3v) is 12.7. The average molecular weight is 716 g/mol. The van der Waals surface area contributed by atoms with Crippen LogP contribution in [-0.2, 0) is 7.05 Å². The van der Waals surface area contributed by atoms with Crippen molar-refractivity contribution in [2.24, 2.45) is 7.05 Å². The van der Waals surface area contributed by atoms with Crippen molar-refractivity contribution < 1.29 is 9.13 Å². The van der Waals surface area contributed by atoms with E-state index in [1.807, 2.05) is 23.1 Å². The van der Waals surface area contributed by atoms with E-state index in [-0.39, 0.29) is 5.92 Å². The molecule has 256 valence electrons. The van der Waals surface area contributed by atoms with Gasteiger partial charge in [0.2, 0.25) is 5.52 Å². The fourth-order valence-corrected chi connectivity index (χ4v) is 9.77. The van der Waals surface area contributed by atoms with Crippen molar-refractivity contribution in [1.82, 2.24) is 4.90 Å². The maximum absolute atomic E-state index is 2.62. The molecular weight excluding hydrogens is 675 g/mol. The molecule has 3 aliphatic rings. The number of hydrogen-bond acceptors (Lipinski definition) is 5. The van der Waals surface area contributed by atoms with Crippen LogP contribution in [0.2, 0.25) is 0 Å². The normalized spacial score (nSPS) is 18.8. The van der Waals surface area contributed by atoms with Crippen molar-refractivity contribution >= 4 is 57.0 Å². The molecule has 0 saturated carbocycles. The molecule has 2 aromatic heterocycles. The molecule has 7 heteroatoms. The number of allylic oxidation sites excluding steroid dienone is 4. The second kappa shape index (κ2) is 14.0. The van der Waals surface area contributed by atoms with E-state index in [1.54, 1.807) is 0 Å². The molecule has 9 rings (SSSR count). The first-order valence-electron chi connectivity index (χ1n) is 18.0. The fraction of sp³-hybridized carbons (Fsp3) is 0.156. The number of thioether (sulfide) groups is 1. The minimum absolute atomic E-state index is 0.218. The van der Waals surface area contributed by atoms with Crippen LogP contribution < -0.4 is 18.9 Å². The van der Waals surface area contributed by atoms with Crippen LogP contribution in [0.25, 0.3) is 28.1 Å². The lowest BCUT2D eigenvalue weighted by molar-refractivity contribution is -0.642. The Morgan fingerprint density at radius 3 is 2.25 bits per heavy atom. The minimum atomic E-state index is 0.218. The summed E-state index contributed by atoms with van der Waals surface area (Å²) in [6, 6.07) is 43.6. The summed E-state index contributed by atoms with van der Waals surface area (Å²) in [5.74, 6) is 1.44. The predicted octanol–water partition coefficient (Wildman–Crippen LogP) is 8.99. The zero-order valence-electron chi connectivity index (χ0n) is 29.5. The highest BCUT2D eigenvalue weighted by Crippen LogP contribution is 2.45. The van der Waals surface area contributed by atoms with Crippen LogP contribution in [0.15, 0.2) is 167 Å². The summed E-state index contributed by atoms with van der Waals surface area (Å²) in [6.07, 6.45) is 14.0. The number of fused-ring (bicyclic) bond motifs is 2. The van der Waals surface area contributed by atoms with Crippen LogP contribution >= 0.6 is 23.1 Å². The number of pyridine rings is 1. The summed E-state index contributed by atoms with van der Waals surface area (Å²) in [7, 11) is 4.34. The molecule has 52 heavy (non-hydrogen) atoms. The smallest absolute Gasteiger partial charge is 0.282 e. The average Bonchev–Trinajstić information content (AvgIpc) is 3.69. The van der Waals surface area contributed by atoms with E-state index in [1.165, 1.54) is 64.7 Å². The number of aromatic nitrogens is 2. The first kappa shape index (κ1) is 32.5. The molecule has 4 heterocycles. The van der Waals surface area contributed by atoms with Crippen molar-refractivity contribution in [3.05, 3.63) is 178 Å². The summed E-state index contributed by atoms with van der Waals surface area (Å²) in [5.41, 5.74) is 8.87. The maximum Gasteiger partial charge on any atom is 0.282 e. The number of benzene rings is 4. The van der Waals surface area contributed by atoms with Crippen molar-refractivity contribution in [3.8, 4) is 5.69 Å². The molecule has 0 amide bonds. The van der Waals surface area contributed by atoms with E-state index < -0.39 is 0 Å². The van der Waals surface area contributed by atoms with Crippen LogP contribution in [-0.4, -0.2) is 38.1 Å². The number of para-hydroxylation sites is 3. The largest absolute Gasteiger partial charge is 0.366 e. The van der Waals surface area contributed by atoms with Crippen molar-refractivity contribution in [1.29, 1.82) is 0 Å². The predicted molar refractivity (Wildman–Crippen MR) is 218 cm³/mol. The Kier molecular flexibility index (Phi) is 8.75. The van der Waals surface area contributed by atoms with Gasteiger partial charge in [0, 0.05) is 41.8 Å². The number of hydrogen-bond donors (Lipinski definition) is 0. The Balaban J connectivity index is 1.02. The molecule has 4 aromatic carbocycles. The SMILES string of the molecule is CN1C(=Cc2cc[n+](-c3ccccc3)c(N3CCN(C4=C/C(=C\c5sc6ccccc6[n+]5C)C=CC4c4ccccc4)CC3)c2)Sc2ccccc21. The van der Waals surface area contributed by atoms with Gasteiger partial charge in [0.1, 0.15) is 30.5 Å². The lowest BCUT2D eigenvalue weighted by Crippen LogP contribution is -2.51. The number of rotatable bonds is 6. The fourth-order valence-electron chi connectivity index (χ4n) is 7.55. The molecule has 5 nitrogen and oxygen atoms in total. The lowest BCUT2D eigenvalue weighted by Gasteiger charge is -2.38. The summed E-state index contributed by atoms with van der Waals surface area (Å²) in [6.45, 7) is 3.75. The molecule has 0 bridgehead atoms. The standard InChI is InChI=1S/C45H41N5S2/c1-46-38-17-9-11-19-41(38)51-44(46)31-33-21-22-37(35-13-5-3-6-14-35)40(29-33)48-25-27-49(28-26-48)43-30-34(23-24-50(43)36-15-7-4-8-16-36)32-45-47(2)39-18-10-12-20-42(39)52-45/h3-24,29-32,37H,25-28H2,1-2H3/q+2. The van der Waals surface area contributed by atoms with Gasteiger partial charge in [-0.2, -0.15) is 4.57 Å². The summed E-state index contributed by atoms with van der Waals surface area (Å²) < 4.78 is 5.97. The van der Waals surface area contributed by atoms with Crippen LogP contribution in [0.4, 0.5) is 11.5 Å². The van der Waals surface area contributed by atoms with Crippen molar-refractivity contribution in [2.75, 3.05) is 43.0 Å². The first-order chi connectivity index (χ1) is 25.6. The first-order valence-corrected chi connectivity index (χ1v) is 19.6. The summed E-state index contributed by atoms with van der Waals surface area (Å²) in [5, 5.41) is 2.50.